The Balaban J connectivity index is 1.43. The Morgan fingerprint density at radius 3 is 2.79 bits per heavy atom. The number of rotatable bonds is 8. The van der Waals surface area contributed by atoms with Gasteiger partial charge in [0, 0.05) is 29.9 Å². The topological polar surface area (TPSA) is 150 Å². The predicted octanol–water partition coefficient (Wildman–Crippen LogP) is 3.59. The van der Waals surface area contributed by atoms with Crippen LogP contribution in [0.25, 0.3) is 21.9 Å². The minimum Gasteiger partial charge on any atom is -0.496 e. The van der Waals surface area contributed by atoms with Crippen LogP contribution in [0.1, 0.15) is 16.7 Å². The summed E-state index contributed by atoms with van der Waals surface area (Å²) in [6.07, 6.45) is 4.44. The zero-order valence-electron chi connectivity index (χ0n) is 20.8. The van der Waals surface area contributed by atoms with E-state index in [0.29, 0.717) is 34.2 Å². The van der Waals surface area contributed by atoms with Crippen molar-refractivity contribution in [1.82, 2.24) is 25.2 Å². The van der Waals surface area contributed by atoms with Crippen LogP contribution in [0.4, 0.5) is 10.6 Å². The number of fused-ring (bicyclic) bond motifs is 2. The number of anilines is 1. The SMILES string of the molecule is COC(=O)NCc1cnn(Cc2cc(OC)c3c(NS(=O)(=O)c4cc(C)cc5cccnc45)noc3c2)c1. The van der Waals surface area contributed by atoms with Gasteiger partial charge in [0.25, 0.3) is 10.0 Å². The average molecular weight is 537 g/mol. The number of carbonyl (C=O) groups is 1. The number of pyridine rings is 1. The molecule has 3 heterocycles. The fourth-order valence-electron chi connectivity index (χ4n) is 4.12. The third-order valence-corrected chi connectivity index (χ3v) is 7.16. The summed E-state index contributed by atoms with van der Waals surface area (Å²) in [5, 5.41) is 12.0. The summed E-state index contributed by atoms with van der Waals surface area (Å²) in [5.41, 5.74) is 3.04. The lowest BCUT2D eigenvalue weighted by Gasteiger charge is -2.11. The van der Waals surface area contributed by atoms with E-state index >= 15 is 0 Å². The lowest BCUT2D eigenvalue weighted by atomic mass is 10.1. The first-order valence-electron chi connectivity index (χ1n) is 11.4. The number of sulfonamides is 1. The van der Waals surface area contributed by atoms with Gasteiger partial charge in [0.05, 0.1) is 32.5 Å². The van der Waals surface area contributed by atoms with Gasteiger partial charge < -0.3 is 19.3 Å². The van der Waals surface area contributed by atoms with Gasteiger partial charge in [0.1, 0.15) is 16.0 Å². The van der Waals surface area contributed by atoms with Crippen molar-refractivity contribution in [3.8, 4) is 5.75 Å². The van der Waals surface area contributed by atoms with Gasteiger partial charge >= 0.3 is 6.09 Å². The molecule has 0 saturated heterocycles. The molecule has 1 amide bonds. The van der Waals surface area contributed by atoms with E-state index in [4.69, 9.17) is 9.26 Å². The van der Waals surface area contributed by atoms with Gasteiger partial charge in [-0.3, -0.25) is 14.4 Å². The molecule has 13 heteroatoms. The molecule has 0 saturated carbocycles. The van der Waals surface area contributed by atoms with Gasteiger partial charge in [-0.1, -0.05) is 11.2 Å². The van der Waals surface area contributed by atoms with Gasteiger partial charge in [-0.05, 0) is 48.4 Å². The van der Waals surface area contributed by atoms with Crippen LogP contribution in [0.15, 0.2) is 64.4 Å². The molecular formula is C25H24N6O6S. The number of nitrogens with zero attached hydrogens (tertiary/aromatic N) is 4. The molecule has 0 bridgehead atoms. The van der Waals surface area contributed by atoms with Crippen LogP contribution < -0.4 is 14.8 Å². The van der Waals surface area contributed by atoms with Gasteiger partial charge in [0.2, 0.25) is 0 Å². The number of aryl methyl sites for hydroxylation is 1. The van der Waals surface area contributed by atoms with Crippen LogP contribution in [0.5, 0.6) is 5.75 Å². The molecule has 0 aliphatic carbocycles. The third-order valence-electron chi connectivity index (χ3n) is 5.81. The molecule has 3 aromatic heterocycles. The molecule has 0 aliphatic rings. The number of hydrogen-bond donors (Lipinski definition) is 2. The molecule has 2 aromatic carbocycles. The molecule has 0 aliphatic heterocycles. The van der Waals surface area contributed by atoms with Crippen LogP contribution in [-0.2, 0) is 27.8 Å². The average Bonchev–Trinajstić information content (AvgIpc) is 3.52. The summed E-state index contributed by atoms with van der Waals surface area (Å²) in [7, 11) is -1.29. The van der Waals surface area contributed by atoms with E-state index in [1.807, 2.05) is 19.1 Å². The first-order chi connectivity index (χ1) is 18.3. The Hall–Kier alpha value is -4.65. The first kappa shape index (κ1) is 25.0. The fraction of sp³-hybridized carbons (Fsp3) is 0.200. The van der Waals surface area contributed by atoms with Crippen molar-refractivity contribution in [2.45, 2.75) is 24.9 Å². The number of benzene rings is 2. The van der Waals surface area contributed by atoms with Crippen molar-refractivity contribution in [3.63, 3.8) is 0 Å². The number of methoxy groups -OCH3 is 2. The van der Waals surface area contributed by atoms with Crippen molar-refractivity contribution in [1.29, 1.82) is 0 Å². The number of nitrogens with one attached hydrogen (secondary N) is 2. The van der Waals surface area contributed by atoms with Crippen LogP contribution in [0, 0.1) is 6.92 Å². The predicted molar refractivity (Wildman–Crippen MR) is 138 cm³/mol. The van der Waals surface area contributed by atoms with Crippen molar-refractivity contribution in [3.05, 3.63) is 71.7 Å². The molecule has 5 rings (SSSR count). The molecule has 0 radical (unpaired) electrons. The van der Waals surface area contributed by atoms with Crippen LogP contribution in [0.2, 0.25) is 0 Å². The second kappa shape index (κ2) is 10.0. The molecular weight excluding hydrogens is 512 g/mol. The molecule has 2 N–H and O–H groups in total. The molecule has 38 heavy (non-hydrogen) atoms. The summed E-state index contributed by atoms with van der Waals surface area (Å²) in [4.78, 5) is 15.6. The summed E-state index contributed by atoms with van der Waals surface area (Å²) in [5.74, 6) is 0.382. The molecule has 0 spiro atoms. The molecule has 0 unspecified atom stereocenters. The van der Waals surface area contributed by atoms with E-state index in [9.17, 15) is 13.2 Å². The van der Waals surface area contributed by atoms with Crippen molar-refractivity contribution >= 4 is 43.8 Å². The van der Waals surface area contributed by atoms with Crippen molar-refractivity contribution in [2.24, 2.45) is 0 Å². The molecule has 196 valence electrons. The van der Waals surface area contributed by atoms with Gasteiger partial charge in [-0.15, -0.1) is 0 Å². The highest BCUT2D eigenvalue weighted by molar-refractivity contribution is 7.93. The number of aromatic nitrogens is 4. The third kappa shape index (κ3) is 4.95. The first-order valence-corrected chi connectivity index (χ1v) is 12.9. The van der Waals surface area contributed by atoms with Crippen molar-refractivity contribution < 1.29 is 27.2 Å². The van der Waals surface area contributed by atoms with Gasteiger partial charge in [0.15, 0.2) is 11.4 Å². The highest BCUT2D eigenvalue weighted by Crippen LogP contribution is 2.35. The van der Waals surface area contributed by atoms with Gasteiger partial charge in [-0.2, -0.15) is 5.10 Å². The zero-order chi connectivity index (χ0) is 26.9. The Bertz CT molecular complexity index is 1760. The second-order valence-electron chi connectivity index (χ2n) is 8.54. The molecule has 12 nitrogen and oxygen atoms in total. The van der Waals surface area contributed by atoms with E-state index < -0.39 is 16.1 Å². The van der Waals surface area contributed by atoms with E-state index in [2.05, 4.69) is 30.0 Å². The van der Waals surface area contributed by atoms with E-state index in [0.717, 1.165) is 16.7 Å². The number of hydrogen-bond acceptors (Lipinski definition) is 9. The Kier molecular flexibility index (Phi) is 6.59. The smallest absolute Gasteiger partial charge is 0.407 e. The van der Waals surface area contributed by atoms with Crippen LogP contribution >= 0.6 is 0 Å². The van der Waals surface area contributed by atoms with E-state index in [-0.39, 0.29) is 17.3 Å². The minimum absolute atomic E-state index is 0.00393. The Morgan fingerprint density at radius 2 is 2.00 bits per heavy atom. The summed E-state index contributed by atoms with van der Waals surface area (Å²) in [6.45, 7) is 2.46. The standard InChI is InChI=1S/C25H24N6O6S/c1-15-7-18-5-4-6-26-23(18)21(8-15)38(33,34)30-24-22-19(35-2)9-16(10-20(22)37-29-24)13-31-14-17(12-28-31)11-27-25(32)36-3/h4-10,12,14H,11,13H2,1-3H3,(H,27,32)(H,29,30). The fourth-order valence-corrected chi connectivity index (χ4v) is 5.39. The Labute approximate surface area is 217 Å². The second-order valence-corrected chi connectivity index (χ2v) is 10.2. The molecule has 5 aromatic rings. The van der Waals surface area contributed by atoms with Gasteiger partial charge in [-0.25, -0.2) is 13.2 Å². The Morgan fingerprint density at radius 1 is 1.16 bits per heavy atom. The quantitative estimate of drug-likeness (QED) is 0.303. The maximum Gasteiger partial charge on any atom is 0.407 e. The van der Waals surface area contributed by atoms with Crippen LogP contribution in [-0.4, -0.2) is 48.7 Å². The lowest BCUT2D eigenvalue weighted by Crippen LogP contribution is -2.21. The summed E-state index contributed by atoms with van der Waals surface area (Å²) in [6, 6.07) is 10.5. The number of ether oxygens (including phenoxy) is 2. The van der Waals surface area contributed by atoms with Crippen molar-refractivity contribution in [2.75, 3.05) is 18.9 Å². The molecule has 0 atom stereocenters. The summed E-state index contributed by atoms with van der Waals surface area (Å²) < 4.78 is 46.7. The number of alkyl carbamates (subject to hydrolysis) is 1. The molecule has 0 fully saturated rings. The minimum atomic E-state index is -4.06. The highest BCUT2D eigenvalue weighted by Gasteiger charge is 2.24. The highest BCUT2D eigenvalue weighted by atomic mass is 32.2. The monoisotopic (exact) mass is 536 g/mol. The van der Waals surface area contributed by atoms with Crippen LogP contribution in [0.3, 0.4) is 0 Å². The number of amides is 1. The maximum atomic E-state index is 13.4. The largest absolute Gasteiger partial charge is 0.496 e. The normalized spacial score (nSPS) is 11.6. The summed E-state index contributed by atoms with van der Waals surface area (Å²) >= 11 is 0. The maximum absolute atomic E-state index is 13.4. The lowest BCUT2D eigenvalue weighted by molar-refractivity contribution is 0.170. The van der Waals surface area contributed by atoms with E-state index in [1.165, 1.54) is 14.2 Å². The zero-order valence-corrected chi connectivity index (χ0v) is 21.6. The van der Waals surface area contributed by atoms with E-state index in [1.54, 1.807) is 47.5 Å². The number of carbonyl (C=O) groups excluding carboxylic acids is 1.